The lowest BCUT2D eigenvalue weighted by molar-refractivity contribution is 0.298. The Balaban J connectivity index is 1.96. The number of nitrogens with zero attached hydrogens (tertiary/aromatic N) is 2. The Hall–Kier alpha value is -1.62. The molecule has 0 amide bonds. The summed E-state index contributed by atoms with van der Waals surface area (Å²) in [6, 6.07) is 1.64. The molecule has 1 aromatic rings. The van der Waals surface area contributed by atoms with E-state index in [0.717, 1.165) is 17.7 Å². The number of rotatable bonds is 6. The Kier molecular flexibility index (Phi) is 4.62. The molecule has 0 N–H and O–H groups in total. The summed E-state index contributed by atoms with van der Waals surface area (Å²) in [5, 5.41) is 0. The molecule has 4 nitrogen and oxygen atoms in total. The van der Waals surface area contributed by atoms with Crippen LogP contribution in [-0.4, -0.2) is 35.9 Å². The van der Waals surface area contributed by atoms with Gasteiger partial charge in [-0.3, -0.25) is 4.79 Å². The Morgan fingerprint density at radius 2 is 2.23 bits per heavy atom. The normalized spacial score (nSPS) is 17.5. The number of thioether (sulfide) groups is 1. The Morgan fingerprint density at radius 1 is 1.41 bits per heavy atom. The first-order valence-corrected chi connectivity index (χ1v) is 9.02. The maximum atomic E-state index is 12.2. The first-order valence-electron chi connectivity index (χ1n) is 7.62. The van der Waals surface area contributed by atoms with Gasteiger partial charge in [0.2, 0.25) is 0 Å². The second-order valence-electron chi connectivity index (χ2n) is 5.96. The maximum absolute atomic E-state index is 12.2. The molecule has 0 spiro atoms. The maximum Gasteiger partial charge on any atom is 0.255 e. The first-order chi connectivity index (χ1) is 10.7. The summed E-state index contributed by atoms with van der Waals surface area (Å²) >= 11 is 1.63. The van der Waals surface area contributed by atoms with Gasteiger partial charge in [-0.05, 0) is 25.0 Å². The zero-order valence-electron chi connectivity index (χ0n) is 13.1. The van der Waals surface area contributed by atoms with Crippen molar-refractivity contribution in [1.82, 2.24) is 9.47 Å². The largest absolute Gasteiger partial charge is 0.492 e. The molecule has 1 aliphatic heterocycles. The van der Waals surface area contributed by atoms with Crippen LogP contribution < -0.4 is 10.3 Å². The highest BCUT2D eigenvalue weighted by molar-refractivity contribution is 7.97. The van der Waals surface area contributed by atoms with Gasteiger partial charge in [0, 0.05) is 43.2 Å². The van der Waals surface area contributed by atoms with Crippen molar-refractivity contribution in [1.29, 1.82) is 0 Å². The van der Waals surface area contributed by atoms with E-state index >= 15 is 0 Å². The number of hydrogen-bond donors (Lipinski definition) is 0. The number of pyridine rings is 1. The van der Waals surface area contributed by atoms with E-state index in [0.29, 0.717) is 24.2 Å². The van der Waals surface area contributed by atoms with Crippen molar-refractivity contribution in [2.75, 3.05) is 26.5 Å². The zero-order chi connectivity index (χ0) is 15.5. The van der Waals surface area contributed by atoms with Crippen molar-refractivity contribution in [3.63, 3.8) is 0 Å². The van der Waals surface area contributed by atoms with Gasteiger partial charge >= 0.3 is 0 Å². The number of hydrogen-bond acceptors (Lipinski definition) is 4. The minimum Gasteiger partial charge on any atom is -0.492 e. The smallest absolute Gasteiger partial charge is 0.255 e. The molecule has 118 valence electrons. The number of likely N-dealkylation sites (N-methyl/N-ethyl adjacent to an activating group) is 1. The summed E-state index contributed by atoms with van der Waals surface area (Å²) in [5.41, 5.74) is 2.09. The van der Waals surface area contributed by atoms with Crippen LogP contribution in [0.2, 0.25) is 0 Å². The highest BCUT2D eigenvalue weighted by Crippen LogP contribution is 2.32. The second-order valence-corrected chi connectivity index (χ2v) is 6.79. The van der Waals surface area contributed by atoms with Gasteiger partial charge in [-0.15, -0.1) is 11.8 Å². The van der Waals surface area contributed by atoms with Gasteiger partial charge in [0.05, 0.1) is 12.5 Å². The van der Waals surface area contributed by atoms with Crippen molar-refractivity contribution in [3.05, 3.63) is 46.5 Å². The van der Waals surface area contributed by atoms with Gasteiger partial charge < -0.3 is 14.2 Å². The van der Waals surface area contributed by atoms with Gasteiger partial charge in [-0.2, -0.15) is 0 Å². The van der Waals surface area contributed by atoms with Crippen molar-refractivity contribution in [2.24, 2.45) is 5.92 Å². The Bertz CT molecular complexity index is 659. The fourth-order valence-corrected chi connectivity index (χ4v) is 2.94. The molecule has 0 aromatic carbocycles. The molecule has 2 heterocycles. The van der Waals surface area contributed by atoms with Crippen LogP contribution in [0.15, 0.2) is 35.4 Å². The molecule has 3 rings (SSSR count). The second kappa shape index (κ2) is 6.65. The van der Waals surface area contributed by atoms with Crippen LogP contribution in [0, 0.1) is 5.92 Å². The van der Waals surface area contributed by atoms with Crippen LogP contribution in [0.25, 0.3) is 5.57 Å². The lowest BCUT2D eigenvalue weighted by Crippen LogP contribution is -2.20. The van der Waals surface area contributed by atoms with E-state index in [4.69, 9.17) is 4.74 Å². The summed E-state index contributed by atoms with van der Waals surface area (Å²) in [6.07, 6.45) is 12.7. The van der Waals surface area contributed by atoms with Crippen molar-refractivity contribution >= 4 is 17.3 Å². The SMILES string of the molecule is CSCn1cc(C2=CN(C)CC=C2)c(OCC2CC2)cc1=O. The van der Waals surface area contributed by atoms with Crippen LogP contribution in [0.3, 0.4) is 0 Å². The average molecular weight is 318 g/mol. The van der Waals surface area contributed by atoms with E-state index in [1.165, 1.54) is 12.8 Å². The third-order valence-electron chi connectivity index (χ3n) is 3.89. The molecule has 22 heavy (non-hydrogen) atoms. The van der Waals surface area contributed by atoms with Gasteiger partial charge in [-0.25, -0.2) is 0 Å². The van der Waals surface area contributed by atoms with E-state index in [2.05, 4.69) is 23.3 Å². The molecule has 0 saturated heterocycles. The fraction of sp³-hybridized carbons (Fsp3) is 0.471. The van der Waals surface area contributed by atoms with Gasteiger partial charge in [-0.1, -0.05) is 12.2 Å². The molecular formula is C17H22N2O2S. The summed E-state index contributed by atoms with van der Waals surface area (Å²) in [7, 11) is 2.05. The summed E-state index contributed by atoms with van der Waals surface area (Å²) in [6.45, 7) is 1.62. The lowest BCUT2D eigenvalue weighted by atomic mass is 10.1. The Morgan fingerprint density at radius 3 is 2.91 bits per heavy atom. The van der Waals surface area contributed by atoms with E-state index in [1.807, 2.05) is 19.5 Å². The predicted octanol–water partition coefficient (Wildman–Crippen LogP) is 2.80. The van der Waals surface area contributed by atoms with Crippen molar-refractivity contribution < 1.29 is 4.74 Å². The number of ether oxygens (including phenoxy) is 1. The molecule has 1 aromatic heterocycles. The van der Waals surface area contributed by atoms with Crippen LogP contribution in [-0.2, 0) is 5.88 Å². The Labute approximate surface area is 135 Å². The molecule has 0 unspecified atom stereocenters. The average Bonchev–Trinajstić information content (AvgIpc) is 3.32. The van der Waals surface area contributed by atoms with Crippen LogP contribution in [0.1, 0.15) is 18.4 Å². The van der Waals surface area contributed by atoms with Crippen molar-refractivity contribution in [2.45, 2.75) is 18.7 Å². The van der Waals surface area contributed by atoms with E-state index in [1.54, 1.807) is 22.4 Å². The molecule has 1 fully saturated rings. The predicted molar refractivity (Wildman–Crippen MR) is 92.2 cm³/mol. The first kappa shape index (κ1) is 15.3. The van der Waals surface area contributed by atoms with Gasteiger partial charge in [0.15, 0.2) is 0 Å². The van der Waals surface area contributed by atoms with E-state index in [9.17, 15) is 4.79 Å². The monoisotopic (exact) mass is 318 g/mol. The molecule has 0 radical (unpaired) electrons. The quantitative estimate of drug-likeness (QED) is 0.808. The molecule has 1 saturated carbocycles. The molecule has 5 heteroatoms. The third kappa shape index (κ3) is 3.58. The van der Waals surface area contributed by atoms with Crippen LogP contribution >= 0.6 is 11.8 Å². The van der Waals surface area contributed by atoms with Crippen LogP contribution in [0.4, 0.5) is 0 Å². The van der Waals surface area contributed by atoms with Gasteiger partial charge in [0.25, 0.3) is 5.56 Å². The van der Waals surface area contributed by atoms with E-state index in [-0.39, 0.29) is 5.56 Å². The zero-order valence-corrected chi connectivity index (χ0v) is 13.9. The van der Waals surface area contributed by atoms with Crippen LogP contribution in [0.5, 0.6) is 5.75 Å². The summed E-state index contributed by atoms with van der Waals surface area (Å²) in [4.78, 5) is 14.3. The topological polar surface area (TPSA) is 34.5 Å². The molecule has 0 atom stereocenters. The molecule has 2 aliphatic rings. The third-order valence-corrected chi connectivity index (χ3v) is 4.43. The van der Waals surface area contributed by atoms with Crippen molar-refractivity contribution in [3.8, 4) is 5.75 Å². The number of allylic oxidation sites excluding steroid dienone is 2. The molecular weight excluding hydrogens is 296 g/mol. The number of aromatic nitrogens is 1. The summed E-state index contributed by atoms with van der Waals surface area (Å²) in [5.74, 6) is 2.03. The highest BCUT2D eigenvalue weighted by atomic mass is 32.2. The fourth-order valence-electron chi connectivity index (χ4n) is 2.46. The van der Waals surface area contributed by atoms with E-state index < -0.39 is 0 Å². The minimum atomic E-state index is -0.00218. The van der Waals surface area contributed by atoms with Gasteiger partial charge in [0.1, 0.15) is 5.75 Å². The standard InChI is InChI=1S/C17H22N2O2S/c1-18-7-3-4-14(9-18)15-10-19(12-22-2)17(20)8-16(15)21-11-13-5-6-13/h3-4,8-10,13H,5-7,11-12H2,1-2H3. The molecule has 0 bridgehead atoms. The molecule has 1 aliphatic carbocycles. The summed E-state index contributed by atoms with van der Waals surface area (Å²) < 4.78 is 7.69. The lowest BCUT2D eigenvalue weighted by Gasteiger charge is -2.20. The minimum absolute atomic E-state index is 0.00218. The highest BCUT2D eigenvalue weighted by Gasteiger charge is 2.23.